The van der Waals surface area contributed by atoms with Crippen molar-refractivity contribution in [1.82, 2.24) is 0 Å². The average Bonchev–Trinajstić information content (AvgIpc) is 3.19. The van der Waals surface area contributed by atoms with Crippen LogP contribution in [0.15, 0.2) is 57.7 Å². The highest BCUT2D eigenvalue weighted by Crippen LogP contribution is 2.42. The summed E-state index contributed by atoms with van der Waals surface area (Å²) in [5.74, 6) is 1.59. The first-order chi connectivity index (χ1) is 15.5. The van der Waals surface area contributed by atoms with E-state index < -0.39 is 23.6 Å². The van der Waals surface area contributed by atoms with Crippen LogP contribution in [0.3, 0.4) is 0 Å². The smallest absolute Gasteiger partial charge is 0.343 e. The van der Waals surface area contributed by atoms with Gasteiger partial charge in [0.1, 0.15) is 30.5 Å². The van der Waals surface area contributed by atoms with E-state index in [1.54, 1.807) is 50.4 Å². The van der Waals surface area contributed by atoms with Crippen molar-refractivity contribution in [2.75, 3.05) is 25.6 Å². The molecule has 2 aliphatic rings. The van der Waals surface area contributed by atoms with Gasteiger partial charge in [-0.3, -0.25) is 4.79 Å². The Morgan fingerprint density at radius 1 is 1.00 bits per heavy atom. The van der Waals surface area contributed by atoms with Crippen LogP contribution in [0, 0.1) is 6.92 Å². The fraction of sp³-hybridized carbons (Fsp3) is 0.250. The molecule has 0 bridgehead atoms. The monoisotopic (exact) mass is 435 g/mol. The Labute approximate surface area is 183 Å². The van der Waals surface area contributed by atoms with Gasteiger partial charge < -0.3 is 28.7 Å². The summed E-state index contributed by atoms with van der Waals surface area (Å²) in [5, 5.41) is 2.87. The molecule has 1 N–H and O–H groups in total. The number of benzene rings is 2. The minimum absolute atomic E-state index is 0.322. The van der Waals surface area contributed by atoms with Crippen molar-refractivity contribution in [2.45, 2.75) is 18.9 Å². The van der Waals surface area contributed by atoms with Crippen LogP contribution in [0.2, 0.25) is 0 Å². The van der Waals surface area contributed by atoms with Gasteiger partial charge in [0.15, 0.2) is 17.6 Å². The van der Waals surface area contributed by atoms with Crippen molar-refractivity contribution in [3.63, 3.8) is 0 Å². The minimum atomic E-state index is -0.962. The lowest BCUT2D eigenvalue weighted by Crippen LogP contribution is -2.35. The maximum Gasteiger partial charge on any atom is 0.343 e. The highest BCUT2D eigenvalue weighted by molar-refractivity contribution is 5.96. The number of amides is 1. The van der Waals surface area contributed by atoms with Crippen LogP contribution in [-0.2, 0) is 4.79 Å². The number of hydrogen-bond donors (Lipinski definition) is 1. The molecule has 0 spiro atoms. The van der Waals surface area contributed by atoms with Crippen LogP contribution in [0.4, 0.5) is 5.69 Å². The number of ether oxygens (including phenoxy) is 4. The SMILES string of the molecule is COc1ccc([C@H]2c3c(cc(C)oc3=O)O[C@@H]2C(=O)Nc2ccc3c(c2)OCCO3)cc1. The summed E-state index contributed by atoms with van der Waals surface area (Å²) in [5.41, 5.74) is 1.08. The van der Waals surface area contributed by atoms with E-state index in [1.807, 2.05) is 12.1 Å². The van der Waals surface area contributed by atoms with Crippen LogP contribution in [-0.4, -0.2) is 32.3 Å². The van der Waals surface area contributed by atoms with Crippen LogP contribution in [0.1, 0.15) is 22.8 Å². The number of nitrogens with one attached hydrogen (secondary N) is 1. The molecule has 5 rings (SSSR count). The Morgan fingerprint density at radius 3 is 2.50 bits per heavy atom. The van der Waals surface area contributed by atoms with E-state index in [4.69, 9.17) is 23.4 Å². The van der Waals surface area contributed by atoms with Crippen LogP contribution < -0.4 is 29.9 Å². The van der Waals surface area contributed by atoms with Crippen LogP contribution in [0.5, 0.6) is 23.0 Å². The molecule has 8 heteroatoms. The van der Waals surface area contributed by atoms with Gasteiger partial charge in [-0.05, 0) is 36.8 Å². The number of methoxy groups -OCH3 is 1. The van der Waals surface area contributed by atoms with E-state index in [2.05, 4.69) is 5.32 Å². The van der Waals surface area contributed by atoms with Gasteiger partial charge in [-0.25, -0.2) is 4.79 Å². The van der Waals surface area contributed by atoms with Crippen molar-refractivity contribution >= 4 is 11.6 Å². The molecule has 0 saturated carbocycles. The van der Waals surface area contributed by atoms with Gasteiger partial charge in [0, 0.05) is 17.8 Å². The Hall–Kier alpha value is -3.94. The highest BCUT2D eigenvalue weighted by atomic mass is 16.6. The van der Waals surface area contributed by atoms with Gasteiger partial charge >= 0.3 is 5.63 Å². The van der Waals surface area contributed by atoms with Crippen LogP contribution >= 0.6 is 0 Å². The van der Waals surface area contributed by atoms with Crippen molar-refractivity contribution in [2.24, 2.45) is 0 Å². The molecule has 0 aliphatic carbocycles. The first kappa shape index (κ1) is 20.0. The third kappa shape index (κ3) is 3.53. The Kier molecular flexibility index (Phi) is 4.97. The molecule has 3 heterocycles. The third-order valence-electron chi connectivity index (χ3n) is 5.48. The fourth-order valence-corrected chi connectivity index (χ4v) is 4.02. The summed E-state index contributed by atoms with van der Waals surface area (Å²) in [6, 6.07) is 14.0. The number of carbonyl (C=O) groups is 1. The quantitative estimate of drug-likeness (QED) is 0.672. The number of aryl methyl sites for hydroxylation is 1. The Balaban J connectivity index is 1.49. The molecule has 0 unspecified atom stereocenters. The molecule has 2 aliphatic heterocycles. The summed E-state index contributed by atoms with van der Waals surface area (Å²) in [6.45, 7) is 2.59. The van der Waals surface area contributed by atoms with E-state index in [1.165, 1.54) is 0 Å². The molecule has 1 aromatic heterocycles. The molecule has 2 atom stereocenters. The lowest BCUT2D eigenvalue weighted by molar-refractivity contribution is -0.122. The lowest BCUT2D eigenvalue weighted by atomic mass is 9.88. The molecular weight excluding hydrogens is 414 g/mol. The van der Waals surface area contributed by atoms with E-state index in [-0.39, 0.29) is 0 Å². The summed E-state index contributed by atoms with van der Waals surface area (Å²) in [7, 11) is 1.57. The summed E-state index contributed by atoms with van der Waals surface area (Å²) in [6.07, 6.45) is -0.962. The first-order valence-electron chi connectivity index (χ1n) is 10.2. The fourth-order valence-electron chi connectivity index (χ4n) is 4.02. The zero-order chi connectivity index (χ0) is 22.2. The molecule has 1 amide bonds. The molecule has 8 nitrogen and oxygen atoms in total. The number of anilines is 1. The summed E-state index contributed by atoms with van der Waals surface area (Å²) >= 11 is 0. The largest absolute Gasteiger partial charge is 0.497 e. The normalized spacial score (nSPS) is 18.4. The van der Waals surface area contributed by atoms with E-state index in [0.29, 0.717) is 53.2 Å². The second kappa shape index (κ2) is 7.96. The van der Waals surface area contributed by atoms with Gasteiger partial charge in [-0.15, -0.1) is 0 Å². The van der Waals surface area contributed by atoms with Crippen LogP contribution in [0.25, 0.3) is 0 Å². The molecule has 3 aromatic rings. The average molecular weight is 435 g/mol. The lowest BCUT2D eigenvalue weighted by Gasteiger charge is -2.21. The second-order valence-electron chi connectivity index (χ2n) is 7.56. The molecule has 32 heavy (non-hydrogen) atoms. The van der Waals surface area contributed by atoms with Crippen molar-refractivity contribution in [3.05, 3.63) is 75.8 Å². The maximum atomic E-state index is 13.3. The van der Waals surface area contributed by atoms with E-state index >= 15 is 0 Å². The number of hydrogen-bond acceptors (Lipinski definition) is 7. The van der Waals surface area contributed by atoms with E-state index in [9.17, 15) is 9.59 Å². The second-order valence-corrected chi connectivity index (χ2v) is 7.56. The Bertz CT molecular complexity index is 1230. The molecule has 0 fully saturated rings. The van der Waals surface area contributed by atoms with Gasteiger partial charge in [0.05, 0.1) is 18.6 Å². The third-order valence-corrected chi connectivity index (χ3v) is 5.48. The topological polar surface area (TPSA) is 96.2 Å². The standard InChI is InChI=1S/C24H21NO7/c1-13-11-19-21(24(27)31-13)20(14-3-6-16(28-2)7-4-14)22(32-19)23(26)25-15-5-8-17-18(12-15)30-10-9-29-17/h3-8,11-12,20,22H,9-10H2,1-2H3,(H,25,26)/t20-,22-/m0/s1. The number of rotatable bonds is 4. The predicted molar refractivity (Wildman–Crippen MR) is 115 cm³/mol. The molecule has 164 valence electrons. The predicted octanol–water partition coefficient (Wildman–Crippen LogP) is 3.26. The van der Waals surface area contributed by atoms with E-state index in [0.717, 1.165) is 5.56 Å². The van der Waals surface area contributed by atoms with Gasteiger partial charge in [-0.1, -0.05) is 12.1 Å². The van der Waals surface area contributed by atoms with Gasteiger partial charge in [0.25, 0.3) is 5.91 Å². The van der Waals surface area contributed by atoms with Crippen molar-refractivity contribution in [1.29, 1.82) is 0 Å². The number of carbonyl (C=O) groups excluding carboxylic acids is 1. The first-order valence-corrected chi connectivity index (χ1v) is 10.2. The van der Waals surface area contributed by atoms with Gasteiger partial charge in [0.2, 0.25) is 0 Å². The molecule has 0 radical (unpaired) electrons. The molecule has 0 saturated heterocycles. The Morgan fingerprint density at radius 2 is 1.75 bits per heavy atom. The zero-order valence-corrected chi connectivity index (χ0v) is 17.5. The summed E-state index contributed by atoms with van der Waals surface area (Å²) in [4.78, 5) is 26.0. The zero-order valence-electron chi connectivity index (χ0n) is 17.5. The van der Waals surface area contributed by atoms with Crippen molar-refractivity contribution < 1.29 is 28.2 Å². The minimum Gasteiger partial charge on any atom is -0.497 e. The van der Waals surface area contributed by atoms with Gasteiger partial charge in [-0.2, -0.15) is 0 Å². The highest BCUT2D eigenvalue weighted by Gasteiger charge is 2.43. The molecule has 2 aromatic carbocycles. The summed E-state index contributed by atoms with van der Waals surface area (Å²) < 4.78 is 27.6. The number of fused-ring (bicyclic) bond motifs is 2. The van der Waals surface area contributed by atoms with Crippen molar-refractivity contribution in [3.8, 4) is 23.0 Å². The maximum absolute atomic E-state index is 13.3. The molecular formula is C24H21NO7.